The van der Waals surface area contributed by atoms with Crippen LogP contribution in [-0.4, -0.2) is 4.98 Å². The van der Waals surface area contributed by atoms with Gasteiger partial charge < -0.3 is 0 Å². The summed E-state index contributed by atoms with van der Waals surface area (Å²) < 4.78 is 14.4. The lowest BCUT2D eigenvalue weighted by Crippen LogP contribution is -1.94. The third kappa shape index (κ3) is 3.66. The highest BCUT2D eigenvalue weighted by Crippen LogP contribution is 2.50. The number of aromatic nitrogens is 1. The van der Waals surface area contributed by atoms with Crippen LogP contribution in [0, 0.1) is 19.7 Å². The fourth-order valence-electron chi connectivity index (χ4n) is 5.15. The quantitative estimate of drug-likeness (QED) is 0.249. The predicted molar refractivity (Wildman–Crippen MR) is 149 cm³/mol. The van der Waals surface area contributed by atoms with Gasteiger partial charge in [0.15, 0.2) is 0 Å². The van der Waals surface area contributed by atoms with E-state index in [1.165, 1.54) is 26.6 Å². The zero-order chi connectivity index (χ0) is 24.1. The van der Waals surface area contributed by atoms with E-state index in [1.807, 2.05) is 32.0 Å². The molecular weight excluding hydrogens is 448 g/mol. The Balaban J connectivity index is 1.66. The summed E-state index contributed by atoms with van der Waals surface area (Å²) in [6, 6.07) is 33.9. The van der Waals surface area contributed by atoms with Crippen molar-refractivity contribution >= 4 is 28.5 Å². The fraction of sp³-hybridized carbons (Fsp3) is 0.0938. The van der Waals surface area contributed by atoms with E-state index in [2.05, 4.69) is 85.5 Å². The van der Waals surface area contributed by atoms with Gasteiger partial charge in [0.05, 0.1) is 11.4 Å². The van der Waals surface area contributed by atoms with E-state index in [1.54, 1.807) is 0 Å². The van der Waals surface area contributed by atoms with Crippen LogP contribution in [0.1, 0.15) is 11.1 Å². The SMILES string of the molecule is Cc1cc(-c2cc(-c3ccccc3)cc(-c3cccc4c5ccccc5p(C)c34)n2)cc(C)c1F. The molecule has 0 bridgehead atoms. The highest BCUT2D eigenvalue weighted by atomic mass is 31.1. The van der Waals surface area contributed by atoms with Gasteiger partial charge in [-0.25, -0.2) is 9.37 Å². The Morgan fingerprint density at radius 3 is 2.06 bits per heavy atom. The average molecular weight is 474 g/mol. The van der Waals surface area contributed by atoms with E-state index < -0.39 is 7.53 Å². The molecule has 0 saturated carbocycles. The van der Waals surface area contributed by atoms with Crippen LogP contribution in [0.4, 0.5) is 4.39 Å². The number of pyridine rings is 1. The molecule has 170 valence electrons. The summed E-state index contributed by atoms with van der Waals surface area (Å²) in [5, 5.41) is 5.46. The number of aryl methyl sites for hydroxylation is 3. The monoisotopic (exact) mass is 473 g/mol. The summed E-state index contributed by atoms with van der Waals surface area (Å²) in [4.78, 5) is 5.17. The predicted octanol–water partition coefficient (Wildman–Crippen LogP) is 9.67. The first-order valence-corrected chi connectivity index (χ1v) is 13.6. The van der Waals surface area contributed by atoms with Gasteiger partial charge in [0.1, 0.15) is 5.82 Å². The molecule has 0 aliphatic heterocycles. The number of hydrogen-bond donors (Lipinski definition) is 0. The summed E-state index contributed by atoms with van der Waals surface area (Å²) in [7, 11) is -0.473. The van der Waals surface area contributed by atoms with Crippen molar-refractivity contribution in [1.82, 2.24) is 4.98 Å². The first-order chi connectivity index (χ1) is 17.0. The Kier molecular flexibility index (Phi) is 5.28. The van der Waals surface area contributed by atoms with Crippen LogP contribution in [-0.2, 0) is 6.66 Å². The van der Waals surface area contributed by atoms with E-state index in [0.29, 0.717) is 11.1 Å². The van der Waals surface area contributed by atoms with Gasteiger partial charge in [-0.2, -0.15) is 0 Å². The molecule has 6 rings (SSSR count). The molecule has 0 fully saturated rings. The second kappa shape index (κ2) is 8.48. The van der Waals surface area contributed by atoms with E-state index >= 15 is 0 Å². The lowest BCUT2D eigenvalue weighted by Gasteiger charge is -2.13. The summed E-state index contributed by atoms with van der Waals surface area (Å²) in [6.07, 6.45) is 0. The Morgan fingerprint density at radius 2 is 1.29 bits per heavy atom. The van der Waals surface area contributed by atoms with Crippen molar-refractivity contribution in [2.24, 2.45) is 6.66 Å². The Morgan fingerprint density at radius 1 is 0.629 bits per heavy atom. The normalized spacial score (nSPS) is 11.9. The Bertz CT molecular complexity index is 1710. The fourth-order valence-corrected chi connectivity index (χ4v) is 7.36. The molecule has 0 N–H and O–H groups in total. The largest absolute Gasteiger partial charge is 0.248 e. The molecule has 35 heavy (non-hydrogen) atoms. The van der Waals surface area contributed by atoms with Gasteiger partial charge >= 0.3 is 0 Å². The molecule has 6 aromatic rings. The molecule has 1 unspecified atom stereocenters. The van der Waals surface area contributed by atoms with Crippen molar-refractivity contribution in [3.63, 3.8) is 0 Å². The van der Waals surface area contributed by atoms with Crippen molar-refractivity contribution in [3.05, 3.63) is 114 Å². The van der Waals surface area contributed by atoms with Gasteiger partial charge in [0.2, 0.25) is 0 Å². The molecule has 1 nitrogen and oxygen atoms in total. The molecule has 1 atom stereocenters. The van der Waals surface area contributed by atoms with Crippen LogP contribution in [0.15, 0.2) is 97.1 Å². The lowest BCUT2D eigenvalue weighted by atomic mass is 9.98. The molecular formula is C32H25FNP. The summed E-state index contributed by atoms with van der Waals surface area (Å²) in [5.74, 6) is -0.150. The Labute approximate surface area is 206 Å². The molecule has 3 heteroatoms. The van der Waals surface area contributed by atoms with Crippen LogP contribution < -0.4 is 0 Å². The third-order valence-electron chi connectivity index (χ3n) is 6.87. The van der Waals surface area contributed by atoms with E-state index in [9.17, 15) is 4.39 Å². The van der Waals surface area contributed by atoms with Gasteiger partial charge in [0, 0.05) is 21.4 Å². The van der Waals surface area contributed by atoms with Crippen molar-refractivity contribution in [2.45, 2.75) is 13.8 Å². The summed E-state index contributed by atoms with van der Waals surface area (Å²) in [6.45, 7) is 5.98. The standard InChI is InChI=1S/C32H25FNP/c1-20-16-24(17-21(2)31(20)33)28-18-23(22-10-5-4-6-11-22)19-29(34-28)27-14-9-13-26-25-12-7-8-15-30(25)35(3)32(26)27/h4-19H,1-3H3. The summed E-state index contributed by atoms with van der Waals surface area (Å²) in [5.41, 5.74) is 7.47. The van der Waals surface area contributed by atoms with Gasteiger partial charge in [-0.15, -0.1) is 7.53 Å². The zero-order valence-corrected chi connectivity index (χ0v) is 20.9. The molecule has 0 aliphatic rings. The third-order valence-corrected chi connectivity index (χ3v) is 9.13. The summed E-state index contributed by atoms with van der Waals surface area (Å²) >= 11 is 0. The minimum atomic E-state index is -0.473. The number of nitrogens with zero attached hydrogens (tertiary/aromatic N) is 1. The van der Waals surface area contributed by atoms with Crippen LogP contribution >= 0.6 is 7.53 Å². The zero-order valence-electron chi connectivity index (χ0n) is 20.0. The smallest absolute Gasteiger partial charge is 0.129 e. The second-order valence-electron chi connectivity index (χ2n) is 9.19. The van der Waals surface area contributed by atoms with Crippen LogP contribution in [0.5, 0.6) is 0 Å². The van der Waals surface area contributed by atoms with E-state index in [0.717, 1.165) is 28.1 Å². The molecule has 0 amide bonds. The minimum absolute atomic E-state index is 0.150. The second-order valence-corrected chi connectivity index (χ2v) is 11.2. The molecule has 4 aromatic carbocycles. The van der Waals surface area contributed by atoms with Gasteiger partial charge in [-0.1, -0.05) is 72.8 Å². The number of hydrogen-bond acceptors (Lipinski definition) is 1. The van der Waals surface area contributed by atoms with E-state index in [4.69, 9.17) is 4.98 Å². The first kappa shape index (κ1) is 21.8. The van der Waals surface area contributed by atoms with Gasteiger partial charge in [0.25, 0.3) is 0 Å². The van der Waals surface area contributed by atoms with Crippen molar-refractivity contribution in [3.8, 4) is 33.6 Å². The Hall–Kier alpha value is -3.74. The molecule has 0 radical (unpaired) electrons. The van der Waals surface area contributed by atoms with Crippen molar-refractivity contribution in [2.75, 3.05) is 0 Å². The first-order valence-electron chi connectivity index (χ1n) is 11.8. The molecule has 0 aliphatic carbocycles. The van der Waals surface area contributed by atoms with E-state index in [-0.39, 0.29) is 5.82 Å². The molecule has 0 saturated heterocycles. The molecule has 2 aromatic heterocycles. The topological polar surface area (TPSA) is 12.9 Å². The number of halogens is 1. The number of rotatable bonds is 3. The van der Waals surface area contributed by atoms with Crippen LogP contribution in [0.3, 0.4) is 0 Å². The lowest BCUT2D eigenvalue weighted by molar-refractivity contribution is 0.609. The maximum absolute atomic E-state index is 14.4. The average Bonchev–Trinajstić information content (AvgIpc) is 3.19. The van der Waals surface area contributed by atoms with Crippen molar-refractivity contribution in [1.29, 1.82) is 0 Å². The van der Waals surface area contributed by atoms with Gasteiger partial charge in [-0.05, 0) is 77.8 Å². The van der Waals surface area contributed by atoms with Crippen molar-refractivity contribution < 1.29 is 4.39 Å². The number of fused-ring (bicyclic) bond motifs is 3. The number of benzene rings is 4. The van der Waals surface area contributed by atoms with Crippen LogP contribution in [0.25, 0.3) is 54.7 Å². The molecule has 2 heterocycles. The minimum Gasteiger partial charge on any atom is -0.248 e. The highest BCUT2D eigenvalue weighted by Gasteiger charge is 2.16. The molecule has 0 spiro atoms. The highest BCUT2D eigenvalue weighted by molar-refractivity contribution is 7.60. The maximum Gasteiger partial charge on any atom is 0.129 e. The van der Waals surface area contributed by atoms with Crippen LogP contribution in [0.2, 0.25) is 0 Å². The van der Waals surface area contributed by atoms with Gasteiger partial charge in [-0.3, -0.25) is 0 Å². The maximum atomic E-state index is 14.4.